The fraction of sp³-hybridized carbons (Fsp3) is 0.867. The van der Waals surface area contributed by atoms with Crippen LogP contribution in [0.15, 0.2) is 12.7 Å². The van der Waals surface area contributed by atoms with Crippen LogP contribution in [0.5, 0.6) is 0 Å². The first-order chi connectivity index (χ1) is 7.60. The minimum atomic E-state index is 0.414. The van der Waals surface area contributed by atoms with Gasteiger partial charge in [-0.25, -0.2) is 0 Å². The molecule has 0 spiro atoms. The second-order valence-corrected chi connectivity index (χ2v) is 5.99. The lowest BCUT2D eigenvalue weighted by Gasteiger charge is -2.37. The first-order valence-electron chi connectivity index (χ1n) is 6.97. The van der Waals surface area contributed by atoms with Crippen LogP contribution in [0.2, 0.25) is 0 Å². The molecule has 0 saturated heterocycles. The van der Waals surface area contributed by atoms with E-state index in [0.717, 1.165) is 12.3 Å². The molecule has 2 N–H and O–H groups in total. The largest absolute Gasteiger partial charge is 0.327 e. The first kappa shape index (κ1) is 13.8. The lowest BCUT2D eigenvalue weighted by molar-refractivity contribution is 0.174. The maximum absolute atomic E-state index is 6.47. The normalized spacial score (nSPS) is 21.2. The standard InChI is InChI=1S/C15H29N/c1-4-5-6-9-14(16)15(12-13(2)3)10-7-8-11-15/h4,13-14H,1,5-12,16H2,2-3H3. The van der Waals surface area contributed by atoms with Crippen LogP contribution in [-0.4, -0.2) is 6.04 Å². The predicted molar refractivity (Wildman–Crippen MR) is 72.4 cm³/mol. The molecule has 1 saturated carbocycles. The Hall–Kier alpha value is -0.300. The molecule has 0 bridgehead atoms. The van der Waals surface area contributed by atoms with Crippen molar-refractivity contribution in [2.75, 3.05) is 0 Å². The average Bonchev–Trinajstić information content (AvgIpc) is 2.67. The van der Waals surface area contributed by atoms with Crippen molar-refractivity contribution in [1.82, 2.24) is 0 Å². The molecule has 0 amide bonds. The predicted octanol–water partition coefficient (Wildman–Crippen LogP) is 4.28. The Kier molecular flexibility index (Phi) is 5.54. The lowest BCUT2D eigenvalue weighted by Crippen LogP contribution is -2.40. The molecule has 1 unspecified atom stereocenters. The zero-order valence-electron chi connectivity index (χ0n) is 11.2. The highest BCUT2D eigenvalue weighted by atomic mass is 14.7. The van der Waals surface area contributed by atoms with Crippen molar-refractivity contribution < 1.29 is 0 Å². The Morgan fingerprint density at radius 2 is 1.94 bits per heavy atom. The van der Waals surface area contributed by atoms with Gasteiger partial charge in [0.25, 0.3) is 0 Å². The smallest absolute Gasteiger partial charge is 0.00957 e. The highest BCUT2D eigenvalue weighted by molar-refractivity contribution is 4.93. The number of nitrogens with two attached hydrogens (primary N) is 1. The Labute approximate surface area is 101 Å². The summed E-state index contributed by atoms with van der Waals surface area (Å²) in [5.74, 6) is 0.781. The SMILES string of the molecule is C=CCCCC(N)C1(CC(C)C)CCCC1. The van der Waals surface area contributed by atoms with E-state index in [4.69, 9.17) is 5.73 Å². The summed E-state index contributed by atoms with van der Waals surface area (Å²) in [5.41, 5.74) is 6.94. The van der Waals surface area contributed by atoms with Crippen molar-refractivity contribution in [1.29, 1.82) is 0 Å². The first-order valence-corrected chi connectivity index (χ1v) is 6.97. The summed E-state index contributed by atoms with van der Waals surface area (Å²) < 4.78 is 0. The molecule has 1 aliphatic carbocycles. The van der Waals surface area contributed by atoms with E-state index in [9.17, 15) is 0 Å². The molecular weight excluding hydrogens is 194 g/mol. The van der Waals surface area contributed by atoms with Crippen molar-refractivity contribution in [3.05, 3.63) is 12.7 Å². The summed E-state index contributed by atoms with van der Waals surface area (Å²) in [6.45, 7) is 8.44. The molecule has 1 aliphatic rings. The highest BCUT2D eigenvalue weighted by Crippen LogP contribution is 2.46. The van der Waals surface area contributed by atoms with Gasteiger partial charge in [0.05, 0.1) is 0 Å². The summed E-state index contributed by atoms with van der Waals surface area (Å²) in [6, 6.07) is 0.414. The van der Waals surface area contributed by atoms with Gasteiger partial charge in [-0.3, -0.25) is 0 Å². The van der Waals surface area contributed by atoms with Gasteiger partial charge in [0.15, 0.2) is 0 Å². The number of hydrogen-bond donors (Lipinski definition) is 1. The molecule has 1 atom stereocenters. The summed E-state index contributed by atoms with van der Waals surface area (Å²) in [6.07, 6.45) is 12.3. The highest BCUT2D eigenvalue weighted by Gasteiger charge is 2.39. The van der Waals surface area contributed by atoms with Crippen LogP contribution in [0.25, 0.3) is 0 Å². The van der Waals surface area contributed by atoms with E-state index in [-0.39, 0.29) is 0 Å². The van der Waals surface area contributed by atoms with E-state index in [0.29, 0.717) is 11.5 Å². The molecule has 0 radical (unpaired) electrons. The summed E-state index contributed by atoms with van der Waals surface area (Å²) in [4.78, 5) is 0. The Morgan fingerprint density at radius 3 is 2.44 bits per heavy atom. The molecule has 1 nitrogen and oxygen atoms in total. The van der Waals surface area contributed by atoms with Crippen LogP contribution < -0.4 is 5.73 Å². The number of unbranched alkanes of at least 4 members (excludes halogenated alkanes) is 1. The molecule has 1 fully saturated rings. The maximum Gasteiger partial charge on any atom is 0.00957 e. The quantitative estimate of drug-likeness (QED) is 0.506. The lowest BCUT2D eigenvalue weighted by atomic mass is 9.71. The second-order valence-electron chi connectivity index (χ2n) is 5.99. The van der Waals surface area contributed by atoms with Crippen molar-refractivity contribution in [2.45, 2.75) is 71.3 Å². The molecule has 0 aromatic rings. The third-order valence-corrected chi connectivity index (χ3v) is 4.12. The molecule has 0 heterocycles. The second kappa shape index (κ2) is 6.44. The fourth-order valence-electron chi connectivity index (χ4n) is 3.41. The van der Waals surface area contributed by atoms with Gasteiger partial charge < -0.3 is 5.73 Å². The molecule has 0 aliphatic heterocycles. The monoisotopic (exact) mass is 223 g/mol. The van der Waals surface area contributed by atoms with E-state index >= 15 is 0 Å². The zero-order chi connectivity index (χ0) is 12.0. The van der Waals surface area contributed by atoms with Crippen LogP contribution in [0.4, 0.5) is 0 Å². The number of rotatable bonds is 7. The fourth-order valence-corrected chi connectivity index (χ4v) is 3.41. The van der Waals surface area contributed by atoms with Gasteiger partial charge >= 0.3 is 0 Å². The number of hydrogen-bond acceptors (Lipinski definition) is 1. The van der Waals surface area contributed by atoms with E-state index in [1.165, 1.54) is 44.9 Å². The van der Waals surface area contributed by atoms with Crippen LogP contribution in [0.3, 0.4) is 0 Å². The van der Waals surface area contributed by atoms with E-state index in [1.807, 2.05) is 6.08 Å². The zero-order valence-corrected chi connectivity index (χ0v) is 11.2. The molecule has 94 valence electrons. The van der Waals surface area contributed by atoms with Crippen LogP contribution >= 0.6 is 0 Å². The van der Waals surface area contributed by atoms with E-state index in [2.05, 4.69) is 20.4 Å². The molecule has 0 aromatic heterocycles. The number of allylic oxidation sites excluding steroid dienone is 1. The minimum Gasteiger partial charge on any atom is -0.327 e. The Balaban J connectivity index is 2.50. The molecule has 0 aromatic carbocycles. The van der Waals surface area contributed by atoms with Gasteiger partial charge in [-0.15, -0.1) is 6.58 Å². The molecular formula is C15H29N. The summed E-state index contributed by atoms with van der Waals surface area (Å²) in [5, 5.41) is 0. The Morgan fingerprint density at radius 1 is 1.31 bits per heavy atom. The van der Waals surface area contributed by atoms with Gasteiger partial charge in [-0.1, -0.05) is 32.8 Å². The third-order valence-electron chi connectivity index (χ3n) is 4.12. The molecule has 1 heteroatoms. The van der Waals surface area contributed by atoms with Gasteiger partial charge in [0.1, 0.15) is 0 Å². The van der Waals surface area contributed by atoms with Crippen molar-refractivity contribution in [3.8, 4) is 0 Å². The van der Waals surface area contributed by atoms with Gasteiger partial charge in [0.2, 0.25) is 0 Å². The van der Waals surface area contributed by atoms with Gasteiger partial charge in [-0.05, 0) is 49.9 Å². The van der Waals surface area contributed by atoms with Crippen molar-refractivity contribution in [2.24, 2.45) is 17.1 Å². The topological polar surface area (TPSA) is 26.0 Å². The van der Waals surface area contributed by atoms with Crippen LogP contribution in [-0.2, 0) is 0 Å². The van der Waals surface area contributed by atoms with Gasteiger partial charge in [0, 0.05) is 6.04 Å². The molecule has 16 heavy (non-hydrogen) atoms. The molecule has 1 rings (SSSR count). The van der Waals surface area contributed by atoms with Crippen molar-refractivity contribution >= 4 is 0 Å². The van der Waals surface area contributed by atoms with E-state index < -0.39 is 0 Å². The Bertz CT molecular complexity index is 201. The van der Waals surface area contributed by atoms with E-state index in [1.54, 1.807) is 0 Å². The van der Waals surface area contributed by atoms with Crippen LogP contribution in [0.1, 0.15) is 65.2 Å². The average molecular weight is 223 g/mol. The van der Waals surface area contributed by atoms with Crippen LogP contribution in [0, 0.1) is 11.3 Å². The maximum atomic E-state index is 6.47. The third kappa shape index (κ3) is 3.62. The summed E-state index contributed by atoms with van der Waals surface area (Å²) in [7, 11) is 0. The van der Waals surface area contributed by atoms with Crippen molar-refractivity contribution in [3.63, 3.8) is 0 Å². The van der Waals surface area contributed by atoms with Gasteiger partial charge in [-0.2, -0.15) is 0 Å². The minimum absolute atomic E-state index is 0.414. The summed E-state index contributed by atoms with van der Waals surface area (Å²) >= 11 is 0.